The summed E-state index contributed by atoms with van der Waals surface area (Å²) in [6.45, 7) is 3.16. The van der Waals surface area contributed by atoms with Crippen molar-refractivity contribution in [3.8, 4) is 0 Å². The van der Waals surface area contributed by atoms with Crippen molar-refractivity contribution >= 4 is 46.0 Å². The van der Waals surface area contributed by atoms with Crippen molar-refractivity contribution in [1.82, 2.24) is 5.32 Å². The zero-order valence-corrected chi connectivity index (χ0v) is 15.5. The number of carbonyl (C=O) groups excluding carboxylic acids is 2. The molecule has 0 saturated carbocycles. The van der Waals surface area contributed by atoms with Gasteiger partial charge in [0.25, 0.3) is 0 Å². The summed E-state index contributed by atoms with van der Waals surface area (Å²) in [5.41, 5.74) is 1.47. The lowest BCUT2D eigenvalue weighted by molar-refractivity contribution is -0.122. The number of hydrogen-bond donors (Lipinski definition) is 2. The average molecular weight is 382 g/mol. The molecule has 2 aliphatic rings. The van der Waals surface area contributed by atoms with Crippen molar-refractivity contribution in [2.75, 3.05) is 18.5 Å². The van der Waals surface area contributed by atoms with E-state index in [0.717, 1.165) is 25.0 Å². The number of anilines is 1. The summed E-state index contributed by atoms with van der Waals surface area (Å²) in [6, 6.07) is 5.33. The lowest BCUT2D eigenvalue weighted by Crippen LogP contribution is -2.28. The van der Waals surface area contributed by atoms with Gasteiger partial charge in [-0.2, -0.15) is 0 Å². The predicted octanol–water partition coefficient (Wildman–Crippen LogP) is 2.74. The second kappa shape index (κ2) is 8.21. The van der Waals surface area contributed by atoms with Gasteiger partial charge in [0, 0.05) is 23.7 Å². The molecule has 0 spiro atoms. The minimum atomic E-state index is -0.470. The number of benzene rings is 1. The molecule has 2 heterocycles. The lowest BCUT2D eigenvalue weighted by Gasteiger charge is -2.10. The highest BCUT2D eigenvalue weighted by atomic mass is 35.5. The van der Waals surface area contributed by atoms with E-state index in [9.17, 15) is 9.59 Å². The molecule has 2 saturated heterocycles. The van der Waals surface area contributed by atoms with Crippen molar-refractivity contribution in [3.63, 3.8) is 0 Å². The number of nitrogens with one attached hydrogen (secondary N) is 2. The van der Waals surface area contributed by atoms with Crippen molar-refractivity contribution in [2.45, 2.75) is 37.5 Å². The normalized spacial score (nSPS) is 24.6. The Kier molecular flexibility index (Phi) is 5.98. The van der Waals surface area contributed by atoms with E-state index in [-0.39, 0.29) is 24.3 Å². The molecular formula is C17H20ClN3O3S. The molecule has 3 rings (SSSR count). The van der Waals surface area contributed by atoms with Crippen molar-refractivity contribution in [1.29, 1.82) is 0 Å². The SMILES string of the molecule is Cc1c(Cl)cccc1NC(=O)CC1SC(=NCC2CCCO2)NC1=O. The number of rotatable bonds is 5. The third-order valence-electron chi connectivity index (χ3n) is 4.15. The van der Waals surface area contributed by atoms with E-state index in [1.165, 1.54) is 11.8 Å². The van der Waals surface area contributed by atoms with Crippen molar-refractivity contribution < 1.29 is 14.3 Å². The zero-order valence-electron chi connectivity index (χ0n) is 13.9. The Morgan fingerprint density at radius 2 is 2.36 bits per heavy atom. The summed E-state index contributed by atoms with van der Waals surface area (Å²) in [6.07, 6.45) is 2.28. The number of thioether (sulfide) groups is 1. The van der Waals surface area contributed by atoms with Crippen LogP contribution in [0.15, 0.2) is 23.2 Å². The highest BCUT2D eigenvalue weighted by Crippen LogP contribution is 2.26. The van der Waals surface area contributed by atoms with Gasteiger partial charge < -0.3 is 15.4 Å². The molecule has 25 heavy (non-hydrogen) atoms. The molecule has 2 aliphatic heterocycles. The van der Waals surface area contributed by atoms with Crippen LogP contribution in [0.5, 0.6) is 0 Å². The molecule has 0 aromatic heterocycles. The minimum absolute atomic E-state index is 0.0847. The molecule has 2 fully saturated rings. The smallest absolute Gasteiger partial charge is 0.240 e. The van der Waals surface area contributed by atoms with Gasteiger partial charge in [0.1, 0.15) is 5.25 Å². The van der Waals surface area contributed by atoms with Gasteiger partial charge in [-0.25, -0.2) is 0 Å². The third kappa shape index (κ3) is 4.74. The zero-order chi connectivity index (χ0) is 17.8. The first kappa shape index (κ1) is 18.2. The number of amidine groups is 1. The number of amides is 2. The van der Waals surface area contributed by atoms with Crippen LogP contribution in [-0.2, 0) is 14.3 Å². The van der Waals surface area contributed by atoms with Crippen LogP contribution in [0.2, 0.25) is 5.02 Å². The fraction of sp³-hybridized carbons (Fsp3) is 0.471. The Balaban J connectivity index is 1.53. The Labute approximate surface area is 155 Å². The molecule has 6 nitrogen and oxygen atoms in total. The molecule has 2 amide bonds. The summed E-state index contributed by atoms with van der Waals surface area (Å²) in [7, 11) is 0. The summed E-state index contributed by atoms with van der Waals surface area (Å²) in [4.78, 5) is 28.7. The summed E-state index contributed by atoms with van der Waals surface area (Å²) in [5, 5.41) is 6.24. The van der Waals surface area contributed by atoms with Gasteiger partial charge in [-0.05, 0) is 37.5 Å². The third-order valence-corrected chi connectivity index (χ3v) is 5.68. The first-order chi connectivity index (χ1) is 12.0. The molecule has 134 valence electrons. The Bertz CT molecular complexity index is 704. The largest absolute Gasteiger partial charge is 0.376 e. The standard InChI is InChI=1S/C17H20ClN3O3S/c1-10-12(18)5-2-6-13(10)20-15(22)8-14-16(23)21-17(25-14)19-9-11-4-3-7-24-11/h2,5-6,11,14H,3-4,7-9H2,1H3,(H,20,22)(H,19,21,23). The molecule has 8 heteroatoms. The fourth-order valence-corrected chi connectivity index (χ4v) is 3.85. The van der Waals surface area contributed by atoms with Gasteiger partial charge in [-0.1, -0.05) is 29.4 Å². The second-order valence-electron chi connectivity index (χ2n) is 6.04. The molecule has 1 aromatic carbocycles. The molecule has 0 aliphatic carbocycles. The summed E-state index contributed by atoms with van der Waals surface area (Å²) < 4.78 is 5.51. The topological polar surface area (TPSA) is 79.8 Å². The summed E-state index contributed by atoms with van der Waals surface area (Å²) >= 11 is 7.35. The average Bonchev–Trinajstić information content (AvgIpc) is 3.20. The van der Waals surface area contributed by atoms with Gasteiger partial charge in [0.15, 0.2) is 5.17 Å². The number of halogens is 1. The number of carbonyl (C=O) groups is 2. The number of hydrogen-bond acceptors (Lipinski definition) is 5. The quantitative estimate of drug-likeness (QED) is 0.821. The van der Waals surface area contributed by atoms with Crippen molar-refractivity contribution in [2.24, 2.45) is 4.99 Å². The number of nitrogens with zero attached hydrogens (tertiary/aromatic N) is 1. The predicted molar refractivity (Wildman–Crippen MR) is 100 cm³/mol. The van der Waals surface area contributed by atoms with Crippen LogP contribution in [0.4, 0.5) is 5.69 Å². The van der Waals surface area contributed by atoms with E-state index < -0.39 is 5.25 Å². The van der Waals surface area contributed by atoms with E-state index >= 15 is 0 Å². The van der Waals surface area contributed by atoms with E-state index in [4.69, 9.17) is 16.3 Å². The van der Waals surface area contributed by atoms with Crippen LogP contribution in [-0.4, -0.2) is 41.5 Å². The van der Waals surface area contributed by atoms with Gasteiger partial charge >= 0.3 is 0 Å². The van der Waals surface area contributed by atoms with Crippen LogP contribution in [0, 0.1) is 6.92 Å². The minimum Gasteiger partial charge on any atom is -0.376 e. The van der Waals surface area contributed by atoms with E-state index in [1.807, 2.05) is 6.92 Å². The molecule has 2 N–H and O–H groups in total. The van der Waals surface area contributed by atoms with Crippen LogP contribution in [0.1, 0.15) is 24.8 Å². The number of ether oxygens (including phenoxy) is 1. The molecular weight excluding hydrogens is 362 g/mol. The van der Waals surface area contributed by atoms with Gasteiger partial charge in [0.2, 0.25) is 11.8 Å². The first-order valence-corrected chi connectivity index (χ1v) is 9.47. The van der Waals surface area contributed by atoms with Crippen LogP contribution in [0.3, 0.4) is 0 Å². The Morgan fingerprint density at radius 3 is 3.12 bits per heavy atom. The Hall–Kier alpha value is -1.57. The summed E-state index contributed by atoms with van der Waals surface area (Å²) in [5.74, 6) is -0.410. The highest BCUT2D eigenvalue weighted by molar-refractivity contribution is 8.15. The maximum absolute atomic E-state index is 12.2. The van der Waals surface area contributed by atoms with Gasteiger partial charge in [-0.3, -0.25) is 14.6 Å². The first-order valence-electron chi connectivity index (χ1n) is 8.21. The van der Waals surface area contributed by atoms with Gasteiger partial charge in [-0.15, -0.1) is 0 Å². The molecule has 2 atom stereocenters. The fourth-order valence-electron chi connectivity index (χ4n) is 2.70. The van der Waals surface area contributed by atoms with Crippen LogP contribution >= 0.6 is 23.4 Å². The molecule has 2 unspecified atom stereocenters. The Morgan fingerprint density at radius 1 is 1.52 bits per heavy atom. The van der Waals surface area contributed by atoms with Crippen LogP contribution in [0.25, 0.3) is 0 Å². The van der Waals surface area contributed by atoms with E-state index in [0.29, 0.717) is 22.4 Å². The molecule has 1 aromatic rings. The van der Waals surface area contributed by atoms with E-state index in [2.05, 4.69) is 15.6 Å². The van der Waals surface area contributed by atoms with Gasteiger partial charge in [0.05, 0.1) is 12.6 Å². The highest BCUT2D eigenvalue weighted by Gasteiger charge is 2.32. The second-order valence-corrected chi connectivity index (χ2v) is 7.64. The van der Waals surface area contributed by atoms with E-state index in [1.54, 1.807) is 18.2 Å². The monoisotopic (exact) mass is 381 g/mol. The molecule has 0 bridgehead atoms. The van der Waals surface area contributed by atoms with Crippen molar-refractivity contribution in [3.05, 3.63) is 28.8 Å². The number of aliphatic imine (C=N–C) groups is 1. The maximum Gasteiger partial charge on any atom is 0.240 e. The van der Waals surface area contributed by atoms with Crippen LogP contribution < -0.4 is 10.6 Å². The lowest BCUT2D eigenvalue weighted by atomic mass is 10.2. The maximum atomic E-state index is 12.2. The molecule has 0 radical (unpaired) electrons.